The number of benzene rings is 4. The highest BCUT2D eigenvalue weighted by molar-refractivity contribution is 7.22. The van der Waals surface area contributed by atoms with Gasteiger partial charge in [0.15, 0.2) is 16.9 Å². The molecule has 5 rings (SSSR count). The number of hydrogen-bond acceptors (Lipinski definition) is 0. The van der Waals surface area contributed by atoms with Gasteiger partial charge in [0.25, 0.3) is 0 Å². The second kappa shape index (κ2) is 7.56. The largest absolute Gasteiger partial charge is 0.178 e. The second-order valence-corrected chi connectivity index (χ2v) is 14.0. The molecule has 0 saturated carbocycles. The highest BCUT2D eigenvalue weighted by Gasteiger charge is 2.49. The van der Waals surface area contributed by atoms with Gasteiger partial charge in [0.05, 0.1) is 0 Å². The molecule has 0 fully saturated rings. The molecule has 0 bridgehead atoms. The molecule has 0 N–H and O–H groups in total. The van der Waals surface area contributed by atoms with Crippen LogP contribution in [0.5, 0.6) is 0 Å². The van der Waals surface area contributed by atoms with Gasteiger partial charge in [-0.3, -0.25) is 0 Å². The lowest BCUT2D eigenvalue weighted by molar-refractivity contribution is 1.63. The van der Waals surface area contributed by atoms with Crippen molar-refractivity contribution in [2.45, 2.75) is 0 Å². The Labute approximate surface area is 181 Å². The minimum absolute atomic E-state index is 1.15. The van der Waals surface area contributed by atoms with Crippen LogP contribution >= 0.6 is 0 Å². The lowest BCUT2D eigenvalue weighted by atomic mass is 10.3. The van der Waals surface area contributed by atoms with E-state index in [0.29, 0.717) is 0 Å². The van der Waals surface area contributed by atoms with Crippen LogP contribution in [-0.2, 0) is 0 Å². The number of rotatable bonds is 3. The summed E-state index contributed by atoms with van der Waals surface area (Å²) in [6, 6.07) is 41.9. The van der Waals surface area contributed by atoms with Gasteiger partial charge >= 0.3 is 0 Å². The van der Waals surface area contributed by atoms with E-state index in [2.05, 4.69) is 122 Å². The van der Waals surface area contributed by atoms with Crippen LogP contribution in [0.1, 0.15) is 0 Å². The van der Waals surface area contributed by atoms with E-state index in [-0.39, 0.29) is 0 Å². The van der Waals surface area contributed by atoms with Crippen molar-refractivity contribution >= 4 is 42.8 Å². The molecule has 2 heteroatoms. The van der Waals surface area contributed by atoms with Crippen LogP contribution in [0.2, 0.25) is 0 Å². The Balaban J connectivity index is 1.88. The van der Waals surface area contributed by atoms with E-state index in [4.69, 9.17) is 6.58 Å². The molecule has 4 aromatic rings. The number of hydrogen-bond donors (Lipinski definition) is 0. The fraction of sp³-hybridized carbons (Fsp3) is 0. The molecule has 1 heterocycles. The summed E-state index contributed by atoms with van der Waals surface area (Å²) in [5.41, 5.74) is 0. The van der Waals surface area contributed by atoms with Crippen LogP contribution in [0.15, 0.2) is 139 Å². The monoisotopic (exact) mass is 415 g/mol. The smallest absolute Gasteiger partial charge is 0.0993 e. The fourth-order valence-electron chi connectivity index (χ4n) is 4.87. The van der Waals surface area contributed by atoms with Gasteiger partial charge in [-0.15, -0.1) is 0 Å². The summed E-state index contributed by atoms with van der Waals surface area (Å²) in [5, 5.41) is 9.56. The quantitative estimate of drug-likeness (QED) is 0.451. The average molecular weight is 416 g/mol. The molecular formula is C28H23Si2. The third-order valence-corrected chi connectivity index (χ3v) is 14.3. The van der Waals surface area contributed by atoms with Crippen molar-refractivity contribution in [2.24, 2.45) is 0 Å². The maximum atomic E-state index is 4.76. The molecule has 1 aliphatic heterocycles. The van der Waals surface area contributed by atoms with E-state index < -0.39 is 16.9 Å². The van der Waals surface area contributed by atoms with Gasteiger partial charge in [-0.25, -0.2) is 0 Å². The minimum Gasteiger partial charge on any atom is -0.0993 e. The zero-order chi connectivity index (χ0) is 20.6. The van der Waals surface area contributed by atoms with E-state index in [9.17, 15) is 0 Å². The van der Waals surface area contributed by atoms with Crippen molar-refractivity contribution in [3.8, 4) is 0 Å². The summed E-state index contributed by atoms with van der Waals surface area (Å²) in [7, 11) is -3.62. The first kappa shape index (κ1) is 18.8. The third kappa shape index (κ3) is 2.72. The highest BCUT2D eigenvalue weighted by Crippen LogP contribution is 2.26. The lowest BCUT2D eigenvalue weighted by Gasteiger charge is -2.44. The van der Waals surface area contributed by atoms with Crippen LogP contribution < -0.4 is 25.9 Å². The van der Waals surface area contributed by atoms with Crippen molar-refractivity contribution in [2.75, 3.05) is 0 Å². The summed E-state index contributed by atoms with van der Waals surface area (Å²) in [5.74, 6) is 0. The molecule has 0 spiro atoms. The fourth-order valence-corrected chi connectivity index (χ4v) is 13.8. The molecule has 0 atom stereocenters. The van der Waals surface area contributed by atoms with Gasteiger partial charge in [0.2, 0.25) is 0 Å². The Kier molecular flexibility index (Phi) is 4.74. The molecule has 0 unspecified atom stereocenters. The van der Waals surface area contributed by atoms with Gasteiger partial charge < -0.3 is 0 Å². The van der Waals surface area contributed by atoms with Crippen molar-refractivity contribution in [1.82, 2.24) is 0 Å². The Morgan fingerprint density at radius 3 is 1.57 bits per heavy atom. The van der Waals surface area contributed by atoms with Gasteiger partial charge in [0, 0.05) is 0 Å². The van der Waals surface area contributed by atoms with Crippen LogP contribution in [0, 0.1) is 0 Å². The summed E-state index contributed by atoms with van der Waals surface area (Å²) in [6.45, 7) is 9.44. The Morgan fingerprint density at radius 1 is 0.533 bits per heavy atom. The van der Waals surface area contributed by atoms with E-state index in [1.807, 2.05) is 0 Å². The molecule has 0 nitrogen and oxygen atoms in total. The molecule has 1 aliphatic rings. The third-order valence-electron chi connectivity index (χ3n) is 6.20. The zero-order valence-electron chi connectivity index (χ0n) is 16.9. The van der Waals surface area contributed by atoms with Crippen molar-refractivity contribution in [3.63, 3.8) is 0 Å². The first-order valence-corrected chi connectivity index (χ1v) is 13.8. The molecule has 0 amide bonds. The Bertz CT molecular complexity index is 1170. The van der Waals surface area contributed by atoms with Gasteiger partial charge in [-0.05, 0) is 15.6 Å². The van der Waals surface area contributed by atoms with E-state index in [1.54, 1.807) is 0 Å². The Hall–Kier alpha value is -3.21. The minimum atomic E-state index is -2.47. The van der Waals surface area contributed by atoms with Crippen molar-refractivity contribution in [1.29, 1.82) is 0 Å². The predicted molar refractivity (Wildman–Crippen MR) is 134 cm³/mol. The molecule has 0 saturated heterocycles. The van der Waals surface area contributed by atoms with Gasteiger partial charge in [-0.1, -0.05) is 149 Å². The van der Waals surface area contributed by atoms with Crippen LogP contribution in [0.4, 0.5) is 0 Å². The zero-order valence-corrected chi connectivity index (χ0v) is 18.9. The first-order chi connectivity index (χ1) is 14.7. The van der Waals surface area contributed by atoms with Gasteiger partial charge in [-0.2, -0.15) is 0 Å². The van der Waals surface area contributed by atoms with E-state index >= 15 is 0 Å². The maximum Gasteiger partial charge on any atom is 0.178 e. The van der Waals surface area contributed by atoms with E-state index in [1.165, 1.54) is 36.3 Å². The van der Waals surface area contributed by atoms with Crippen LogP contribution in [-0.4, -0.2) is 16.9 Å². The van der Waals surface area contributed by atoms with Crippen LogP contribution in [0.25, 0.3) is 0 Å². The molecule has 0 aliphatic carbocycles. The highest BCUT2D eigenvalue weighted by atomic mass is 28.3. The standard InChI is InChI=1S/C28H23Si2/c1-22-23(2)30(25-16-8-4-9-17-25,26-18-10-5-11-19-26)28-21-13-12-20-27(28)29(22)24-14-6-3-7-15-24/h3-21H,1-2H2. The topological polar surface area (TPSA) is 0 Å². The Morgan fingerprint density at radius 2 is 1.00 bits per heavy atom. The molecule has 143 valence electrons. The second-order valence-electron chi connectivity index (χ2n) is 7.73. The maximum absolute atomic E-state index is 4.76. The average Bonchev–Trinajstić information content (AvgIpc) is 2.82. The van der Waals surface area contributed by atoms with Gasteiger partial charge in [0.1, 0.15) is 0 Å². The lowest BCUT2D eigenvalue weighted by Crippen LogP contribution is -2.77. The molecule has 0 aromatic heterocycles. The van der Waals surface area contributed by atoms with Crippen molar-refractivity contribution < 1.29 is 0 Å². The van der Waals surface area contributed by atoms with Crippen molar-refractivity contribution in [3.05, 3.63) is 139 Å². The summed E-state index contributed by atoms with van der Waals surface area (Å²) < 4.78 is 0. The first-order valence-electron chi connectivity index (χ1n) is 10.3. The normalized spacial score (nSPS) is 15.6. The SMILES string of the molecule is C=C1C(=C)[Si](c2ccccc2)(c2ccccc2)c2ccccc2[Si]1c1ccccc1. The molecular weight excluding hydrogens is 392 g/mol. The molecule has 4 aromatic carbocycles. The van der Waals surface area contributed by atoms with Crippen LogP contribution in [0.3, 0.4) is 0 Å². The predicted octanol–water partition coefficient (Wildman–Crippen LogP) is 2.97. The summed E-state index contributed by atoms with van der Waals surface area (Å²) in [6.07, 6.45) is 0. The molecule has 30 heavy (non-hydrogen) atoms. The summed E-state index contributed by atoms with van der Waals surface area (Å²) in [4.78, 5) is 0. The molecule has 1 radical (unpaired) electrons. The number of fused-ring (bicyclic) bond motifs is 1. The van der Waals surface area contributed by atoms with E-state index in [0.717, 1.165) is 0 Å². The summed E-state index contributed by atoms with van der Waals surface area (Å²) >= 11 is 0. The number of allylic oxidation sites excluding steroid dienone is 2.